The molecule has 20 heavy (non-hydrogen) atoms. The van der Waals surface area contributed by atoms with Crippen LogP contribution in [-0.2, 0) is 36.0 Å². The van der Waals surface area contributed by atoms with E-state index < -0.39 is 31.2 Å². The molecule has 0 aromatic rings. The van der Waals surface area contributed by atoms with Crippen molar-refractivity contribution < 1.29 is 62.5 Å². The van der Waals surface area contributed by atoms with Crippen LogP contribution in [0.4, 0.5) is 0 Å². The minimum atomic E-state index is -5.17. The van der Waals surface area contributed by atoms with Crippen LogP contribution in [0.3, 0.4) is 0 Å². The molecule has 14 nitrogen and oxygen atoms in total. The second kappa shape index (κ2) is 17.2. The van der Waals surface area contributed by atoms with Gasteiger partial charge in [0.1, 0.15) is 0 Å². The Kier molecular flexibility index (Phi) is 31.7. The largest absolute Gasteiger partial charge is 3.00 e. The molecule has 19 heteroatoms. The van der Waals surface area contributed by atoms with Crippen LogP contribution < -0.4 is 0 Å². The van der Waals surface area contributed by atoms with E-state index >= 15 is 0 Å². The van der Waals surface area contributed by atoms with Gasteiger partial charge >= 0.3 is 34.7 Å². The maximum atomic E-state index is 8.52. The molecular weight excluding hydrogens is 386 g/mol. The van der Waals surface area contributed by atoms with Crippen LogP contribution in [0, 0.1) is 0 Å². The summed E-state index contributed by atoms with van der Waals surface area (Å²) in [4.78, 5) is 8.36. The molecule has 1 N–H and O–H groups in total. The fourth-order valence-corrected chi connectivity index (χ4v) is 0. The monoisotopic (exact) mass is 388 g/mol. The third-order valence-electron chi connectivity index (χ3n) is 0. The molecule has 0 aromatic carbocycles. The van der Waals surface area contributed by atoms with Gasteiger partial charge in [-0.2, -0.15) is 0 Å². The molecular formula is CH2Al2O14S3. The second-order valence-electron chi connectivity index (χ2n) is 1.33. The summed E-state index contributed by atoms with van der Waals surface area (Å²) in [6, 6.07) is 0. The van der Waals surface area contributed by atoms with Gasteiger partial charge < -0.3 is 32.4 Å². The third kappa shape index (κ3) is 254000. The molecule has 0 bridgehead atoms. The van der Waals surface area contributed by atoms with Crippen LogP contribution in [0.15, 0.2) is 0 Å². The van der Waals surface area contributed by atoms with E-state index in [0.717, 1.165) is 0 Å². The molecule has 0 atom stereocenters. The smallest absolute Gasteiger partial charge is 0.759 e. The molecule has 0 aliphatic carbocycles. The Morgan fingerprint density at radius 1 is 0.600 bits per heavy atom. The van der Waals surface area contributed by atoms with Gasteiger partial charge in [-0.25, -0.2) is 0 Å². The average Bonchev–Trinajstić information content (AvgIpc) is 1.71. The van der Waals surface area contributed by atoms with E-state index in [-0.39, 0.29) is 41.2 Å². The molecule has 0 saturated carbocycles. The molecule has 0 aliphatic heterocycles. The van der Waals surface area contributed by atoms with Crippen LogP contribution >= 0.6 is 0 Å². The third-order valence-corrected chi connectivity index (χ3v) is 0. The molecule has 114 valence electrons. The first-order chi connectivity index (χ1) is 7.41. The van der Waals surface area contributed by atoms with E-state index in [0.29, 0.717) is 0 Å². The average molecular weight is 388 g/mol. The Morgan fingerprint density at radius 3 is 0.600 bits per heavy atom. The Balaban J connectivity index is -0.0000000321. The quantitative estimate of drug-likeness (QED) is 0.176. The van der Waals surface area contributed by atoms with Gasteiger partial charge in [-0.1, -0.05) is 0 Å². The van der Waals surface area contributed by atoms with Crippen molar-refractivity contribution in [1.82, 2.24) is 0 Å². The predicted octanol–water partition coefficient (Wildman–Crippen LogP) is -5.07. The first kappa shape index (κ1) is 36.9. The van der Waals surface area contributed by atoms with E-state index in [1.54, 1.807) is 0 Å². The molecule has 0 saturated heterocycles. The van der Waals surface area contributed by atoms with Gasteiger partial charge in [-0.05, 0) is 0 Å². The van der Waals surface area contributed by atoms with E-state index in [2.05, 4.69) is 0 Å². The molecule has 0 aromatic heterocycles. The van der Waals surface area contributed by atoms with Crippen molar-refractivity contribution in [2.45, 2.75) is 0 Å². The van der Waals surface area contributed by atoms with Gasteiger partial charge in [-0.3, -0.25) is 30.0 Å². The van der Waals surface area contributed by atoms with Crippen LogP contribution in [0.5, 0.6) is 0 Å². The van der Waals surface area contributed by atoms with Crippen LogP contribution in [0.25, 0.3) is 0 Å². The SMILES string of the molecule is O=CO.O=S(=O)([O-])[O-].O=S(=O)([O-])[O-].O=S(=O)([O-])[O-].[Al+3].[Al+3]. The Morgan fingerprint density at radius 2 is 0.600 bits per heavy atom. The van der Waals surface area contributed by atoms with Crippen molar-refractivity contribution in [2.75, 3.05) is 0 Å². The molecule has 0 aliphatic rings. The number of rotatable bonds is 0. The Bertz CT molecular complexity index is 387. The fourth-order valence-electron chi connectivity index (χ4n) is 0. The topological polar surface area (TPSA) is 278 Å². The first-order valence-electron chi connectivity index (χ1n) is 2.49. The summed E-state index contributed by atoms with van der Waals surface area (Å²) in [5.74, 6) is 0. The molecule has 0 spiro atoms. The molecule has 0 unspecified atom stereocenters. The Labute approximate surface area is 134 Å². The van der Waals surface area contributed by atoms with Crippen molar-refractivity contribution in [1.29, 1.82) is 0 Å². The van der Waals surface area contributed by atoms with E-state index in [1.165, 1.54) is 0 Å². The van der Waals surface area contributed by atoms with E-state index in [4.69, 9.17) is 62.5 Å². The zero-order valence-electron chi connectivity index (χ0n) is 8.71. The normalized spacial score (nSPS) is 9.30. The van der Waals surface area contributed by atoms with Gasteiger partial charge in [0, 0.05) is 31.2 Å². The molecule has 0 rings (SSSR count). The molecule has 0 heterocycles. The standard InChI is InChI=1S/CH2O2.2Al.3H2O4S/c2-1-3;;;3*1-5(2,3)4/h1H,(H,2,3);;;3*(H2,1,2,3,4)/q;2*+3;;;/p-6. The summed E-state index contributed by atoms with van der Waals surface area (Å²) in [6.07, 6.45) is 0. The molecule has 0 fully saturated rings. The first-order valence-corrected chi connectivity index (χ1v) is 6.49. The maximum absolute atomic E-state index is 8.52. The minimum Gasteiger partial charge on any atom is -0.759 e. The van der Waals surface area contributed by atoms with E-state index in [9.17, 15) is 0 Å². The van der Waals surface area contributed by atoms with Gasteiger partial charge in [0.05, 0.1) is 0 Å². The van der Waals surface area contributed by atoms with E-state index in [1.807, 2.05) is 0 Å². The minimum absolute atomic E-state index is 0. The predicted molar refractivity (Wildman–Crippen MR) is 51.6 cm³/mol. The van der Waals surface area contributed by atoms with Crippen LogP contribution in [0.1, 0.15) is 0 Å². The van der Waals surface area contributed by atoms with Crippen LogP contribution in [0.2, 0.25) is 0 Å². The summed E-state index contributed by atoms with van der Waals surface area (Å²) >= 11 is 0. The summed E-state index contributed by atoms with van der Waals surface area (Å²) in [6.45, 7) is -0.250. The number of carbonyl (C=O) groups is 1. The van der Waals surface area contributed by atoms with Crippen molar-refractivity contribution in [3.8, 4) is 0 Å². The number of hydrogen-bond donors (Lipinski definition) is 1. The molecule has 0 amide bonds. The van der Waals surface area contributed by atoms with Crippen molar-refractivity contribution in [3.63, 3.8) is 0 Å². The second-order valence-corrected chi connectivity index (χ2v) is 3.78. The van der Waals surface area contributed by atoms with Crippen molar-refractivity contribution in [3.05, 3.63) is 0 Å². The summed E-state index contributed by atoms with van der Waals surface area (Å²) in [5, 5.41) is 6.89. The van der Waals surface area contributed by atoms with Gasteiger partial charge in [0.2, 0.25) is 0 Å². The van der Waals surface area contributed by atoms with Crippen molar-refractivity contribution >= 4 is 72.4 Å². The van der Waals surface area contributed by atoms with Crippen LogP contribution in [-0.4, -0.2) is 98.9 Å². The molecule has 0 radical (unpaired) electrons. The number of carboxylic acid groups (broad SMARTS) is 1. The fraction of sp³-hybridized carbons (Fsp3) is 0. The zero-order valence-corrected chi connectivity index (χ0v) is 13.5. The summed E-state index contributed by atoms with van der Waals surface area (Å²) < 4.78 is 102. The summed E-state index contributed by atoms with van der Waals surface area (Å²) in [7, 11) is -15.5. The zero-order chi connectivity index (χ0) is 16.2. The van der Waals surface area contributed by atoms with Gasteiger partial charge in [0.15, 0.2) is 0 Å². The van der Waals surface area contributed by atoms with Gasteiger partial charge in [0.25, 0.3) is 6.47 Å². The van der Waals surface area contributed by atoms with Crippen molar-refractivity contribution in [2.24, 2.45) is 0 Å². The Hall–Kier alpha value is 0.145. The van der Waals surface area contributed by atoms with Gasteiger partial charge in [-0.15, -0.1) is 0 Å². The summed E-state index contributed by atoms with van der Waals surface area (Å²) in [5.41, 5.74) is 0. The maximum Gasteiger partial charge on any atom is 3.00 e. The number of hydrogen-bond acceptors (Lipinski definition) is 13.